The number of halogens is 1. The number of aryl methyl sites for hydroxylation is 2. The van der Waals surface area contributed by atoms with E-state index in [1.165, 1.54) is 28.4 Å². The number of Topliss-reactive ketones (excluding diaryl/α,β-unsaturated/α-hetero) is 1. The van der Waals surface area contributed by atoms with Gasteiger partial charge >= 0.3 is 5.91 Å². The number of thiazole rings is 1. The van der Waals surface area contributed by atoms with E-state index < -0.39 is 17.7 Å². The van der Waals surface area contributed by atoms with Crippen LogP contribution in [0, 0.1) is 13.8 Å². The van der Waals surface area contributed by atoms with E-state index in [-0.39, 0.29) is 17.1 Å². The Balaban J connectivity index is 1.96. The van der Waals surface area contributed by atoms with Crippen LogP contribution in [0.5, 0.6) is 5.75 Å². The lowest BCUT2D eigenvalue weighted by Crippen LogP contribution is -2.29. The number of phenolic OH excluding ortho intramolecular Hbond substituents is 1. The number of ketones is 1. The number of aliphatic hydroxyl groups is 1. The summed E-state index contributed by atoms with van der Waals surface area (Å²) in [6, 6.07) is 11.6. The number of aliphatic hydroxyl groups excluding tert-OH is 1. The van der Waals surface area contributed by atoms with Crippen LogP contribution in [0.3, 0.4) is 0 Å². The molecular weight excluding hydrogens is 424 g/mol. The molecule has 2 N–H and O–H groups in total. The summed E-state index contributed by atoms with van der Waals surface area (Å²) in [5.74, 6) is -1.93. The van der Waals surface area contributed by atoms with Gasteiger partial charge in [-0.1, -0.05) is 23.7 Å². The van der Waals surface area contributed by atoms with Crippen LogP contribution < -0.4 is 4.90 Å². The molecule has 0 bridgehead atoms. The number of phenols is 1. The van der Waals surface area contributed by atoms with Crippen LogP contribution in [-0.2, 0) is 9.59 Å². The van der Waals surface area contributed by atoms with Gasteiger partial charge in [-0.25, -0.2) is 4.98 Å². The third kappa shape index (κ3) is 3.36. The molecule has 1 fully saturated rings. The van der Waals surface area contributed by atoms with E-state index in [0.717, 1.165) is 10.6 Å². The van der Waals surface area contributed by atoms with Crippen molar-refractivity contribution in [1.82, 2.24) is 4.98 Å². The third-order valence-corrected chi connectivity index (χ3v) is 6.30. The monoisotopic (exact) mass is 440 g/mol. The molecular formula is C22H17ClN2O4S. The molecule has 0 spiro atoms. The lowest BCUT2D eigenvalue weighted by Gasteiger charge is -2.23. The number of hydrogen-bond donors (Lipinski definition) is 2. The number of anilines is 1. The van der Waals surface area contributed by atoms with Crippen molar-refractivity contribution in [3.05, 3.63) is 80.8 Å². The third-order valence-electron chi connectivity index (χ3n) is 4.97. The molecule has 3 aromatic rings. The van der Waals surface area contributed by atoms with Gasteiger partial charge in [-0.05, 0) is 55.8 Å². The maximum absolute atomic E-state index is 13.0. The maximum Gasteiger partial charge on any atom is 0.301 e. The maximum atomic E-state index is 13.0. The molecule has 1 aromatic heterocycles. The second kappa shape index (κ2) is 7.59. The Morgan fingerprint density at radius 1 is 1.13 bits per heavy atom. The average molecular weight is 441 g/mol. The van der Waals surface area contributed by atoms with Gasteiger partial charge in [0.05, 0.1) is 17.3 Å². The highest BCUT2D eigenvalue weighted by Gasteiger charge is 2.48. The standard InChI is InChI=1S/C22H17ClN2O4S/c1-11-12(2)30-22(24-11)25-18(14-4-3-5-16(26)10-14)17(20(28)21(25)29)19(27)13-6-8-15(23)9-7-13/h3-10,18,26-27H,1-2H3/t18-/m0/s1. The van der Waals surface area contributed by atoms with Crippen molar-refractivity contribution in [3.63, 3.8) is 0 Å². The minimum atomic E-state index is -0.933. The summed E-state index contributed by atoms with van der Waals surface area (Å²) in [7, 11) is 0. The second-order valence-electron chi connectivity index (χ2n) is 6.91. The van der Waals surface area contributed by atoms with Crippen molar-refractivity contribution in [2.24, 2.45) is 0 Å². The van der Waals surface area contributed by atoms with Crippen molar-refractivity contribution in [3.8, 4) is 5.75 Å². The quantitative estimate of drug-likeness (QED) is 0.348. The van der Waals surface area contributed by atoms with Crippen LogP contribution >= 0.6 is 22.9 Å². The summed E-state index contributed by atoms with van der Waals surface area (Å²) >= 11 is 7.22. The SMILES string of the molecule is Cc1nc(N2C(=O)C(=O)C(=C(O)c3ccc(Cl)cc3)[C@@H]2c2cccc(O)c2)sc1C. The summed E-state index contributed by atoms with van der Waals surface area (Å²) < 4.78 is 0. The predicted molar refractivity (Wildman–Crippen MR) is 116 cm³/mol. The molecule has 1 aliphatic rings. The molecule has 0 saturated carbocycles. The molecule has 1 aliphatic heterocycles. The summed E-state index contributed by atoms with van der Waals surface area (Å²) in [5, 5.41) is 21.8. The van der Waals surface area contributed by atoms with E-state index in [1.807, 2.05) is 13.8 Å². The zero-order valence-corrected chi connectivity index (χ0v) is 17.7. The van der Waals surface area contributed by atoms with Crippen LogP contribution in [0.25, 0.3) is 5.76 Å². The molecule has 1 saturated heterocycles. The first-order chi connectivity index (χ1) is 14.3. The summed E-state index contributed by atoms with van der Waals surface area (Å²) in [5.41, 5.74) is 1.52. The van der Waals surface area contributed by atoms with Crippen molar-refractivity contribution in [1.29, 1.82) is 0 Å². The number of amides is 1. The fourth-order valence-electron chi connectivity index (χ4n) is 3.36. The van der Waals surface area contributed by atoms with Gasteiger partial charge in [0.25, 0.3) is 5.78 Å². The topological polar surface area (TPSA) is 90.7 Å². The Morgan fingerprint density at radius 3 is 2.43 bits per heavy atom. The van der Waals surface area contributed by atoms with Crippen molar-refractivity contribution < 1.29 is 19.8 Å². The molecule has 152 valence electrons. The number of hydrogen-bond acceptors (Lipinski definition) is 6. The number of carbonyl (C=O) groups is 2. The summed E-state index contributed by atoms with van der Waals surface area (Å²) in [4.78, 5) is 32.7. The van der Waals surface area contributed by atoms with E-state index in [4.69, 9.17) is 11.6 Å². The molecule has 6 nitrogen and oxygen atoms in total. The second-order valence-corrected chi connectivity index (χ2v) is 8.53. The first-order valence-electron chi connectivity index (χ1n) is 9.08. The van der Waals surface area contributed by atoms with Crippen molar-refractivity contribution in [2.45, 2.75) is 19.9 Å². The molecule has 0 aliphatic carbocycles. The van der Waals surface area contributed by atoms with Gasteiger partial charge in [0.2, 0.25) is 0 Å². The molecule has 1 amide bonds. The largest absolute Gasteiger partial charge is 0.508 e. The van der Waals surface area contributed by atoms with Crippen LogP contribution in [0.2, 0.25) is 5.02 Å². The minimum absolute atomic E-state index is 0.0175. The first kappa shape index (κ1) is 20.1. The van der Waals surface area contributed by atoms with Crippen molar-refractivity contribution >= 4 is 45.5 Å². The average Bonchev–Trinajstić information content (AvgIpc) is 3.18. The van der Waals surface area contributed by atoms with E-state index >= 15 is 0 Å². The molecule has 8 heteroatoms. The van der Waals surface area contributed by atoms with Gasteiger partial charge in [-0.15, -0.1) is 11.3 Å². The highest BCUT2D eigenvalue weighted by molar-refractivity contribution is 7.16. The first-order valence-corrected chi connectivity index (χ1v) is 10.3. The molecule has 1 atom stereocenters. The highest BCUT2D eigenvalue weighted by atomic mass is 35.5. The normalized spacial score (nSPS) is 18.2. The number of rotatable bonds is 3. The molecule has 30 heavy (non-hydrogen) atoms. The lowest BCUT2D eigenvalue weighted by atomic mass is 9.95. The molecule has 4 rings (SSSR count). The predicted octanol–water partition coefficient (Wildman–Crippen LogP) is 4.75. The molecule has 0 unspecified atom stereocenters. The van der Waals surface area contributed by atoms with Gasteiger partial charge in [-0.2, -0.15) is 0 Å². The highest BCUT2D eigenvalue weighted by Crippen LogP contribution is 2.44. The van der Waals surface area contributed by atoms with Crippen LogP contribution in [0.1, 0.15) is 27.7 Å². The molecule has 2 aromatic carbocycles. The zero-order valence-electron chi connectivity index (χ0n) is 16.1. The molecule has 0 radical (unpaired) electrons. The summed E-state index contributed by atoms with van der Waals surface area (Å²) in [6.45, 7) is 3.70. The number of nitrogens with zero attached hydrogens (tertiary/aromatic N) is 2. The number of carbonyl (C=O) groups excluding carboxylic acids is 2. The Bertz CT molecular complexity index is 1180. The summed E-state index contributed by atoms with van der Waals surface area (Å²) in [6.07, 6.45) is 0. The van der Waals surface area contributed by atoms with Crippen molar-refractivity contribution in [2.75, 3.05) is 4.90 Å². The Morgan fingerprint density at radius 2 is 1.83 bits per heavy atom. The van der Waals surface area contributed by atoms with Crippen LogP contribution in [0.15, 0.2) is 54.1 Å². The Labute approximate surface area is 181 Å². The number of benzene rings is 2. The van der Waals surface area contributed by atoms with Crippen LogP contribution in [-0.4, -0.2) is 26.9 Å². The Hall–Kier alpha value is -3.16. The van der Waals surface area contributed by atoms with E-state index in [1.54, 1.807) is 36.4 Å². The van der Waals surface area contributed by atoms with Gasteiger partial charge in [-0.3, -0.25) is 14.5 Å². The number of aromatic nitrogens is 1. The number of aromatic hydroxyl groups is 1. The van der Waals surface area contributed by atoms with E-state index in [2.05, 4.69) is 4.98 Å². The van der Waals surface area contributed by atoms with Gasteiger partial charge in [0.1, 0.15) is 11.5 Å². The van der Waals surface area contributed by atoms with Crippen LogP contribution in [0.4, 0.5) is 5.13 Å². The fourth-order valence-corrected chi connectivity index (χ4v) is 4.42. The fraction of sp³-hybridized carbons (Fsp3) is 0.136. The minimum Gasteiger partial charge on any atom is -0.508 e. The Kier molecular flexibility index (Phi) is 5.09. The lowest BCUT2D eigenvalue weighted by molar-refractivity contribution is -0.132. The van der Waals surface area contributed by atoms with E-state index in [0.29, 0.717) is 21.3 Å². The van der Waals surface area contributed by atoms with Gasteiger partial charge in [0, 0.05) is 15.5 Å². The van der Waals surface area contributed by atoms with E-state index in [9.17, 15) is 19.8 Å². The zero-order chi connectivity index (χ0) is 21.6. The van der Waals surface area contributed by atoms with Gasteiger partial charge < -0.3 is 10.2 Å². The van der Waals surface area contributed by atoms with Gasteiger partial charge in [0.15, 0.2) is 5.13 Å². The smallest absolute Gasteiger partial charge is 0.301 e. The molecule has 2 heterocycles.